The van der Waals surface area contributed by atoms with Gasteiger partial charge in [-0.15, -0.1) is 0 Å². The molecule has 0 spiro atoms. The Balaban J connectivity index is 2.57. The topological polar surface area (TPSA) is 70.1 Å². The Hall–Kier alpha value is -2.30. The Morgan fingerprint density at radius 1 is 1.39 bits per heavy atom. The third-order valence-electron chi connectivity index (χ3n) is 2.75. The highest BCUT2D eigenvalue weighted by Gasteiger charge is 2.14. The molecule has 94 valence electrons. The summed E-state index contributed by atoms with van der Waals surface area (Å²) >= 11 is 0. The zero-order valence-electron chi connectivity index (χ0n) is 10.6. The molecule has 0 fully saturated rings. The van der Waals surface area contributed by atoms with Gasteiger partial charge in [0.15, 0.2) is 0 Å². The smallest absolute Gasteiger partial charge is 0.340 e. The van der Waals surface area contributed by atoms with E-state index in [2.05, 4.69) is 5.10 Å². The van der Waals surface area contributed by atoms with Gasteiger partial charge in [-0.2, -0.15) is 5.10 Å². The van der Waals surface area contributed by atoms with E-state index in [4.69, 9.17) is 10.5 Å². The van der Waals surface area contributed by atoms with Crippen molar-refractivity contribution in [3.63, 3.8) is 0 Å². The molecule has 0 atom stereocenters. The lowest BCUT2D eigenvalue weighted by atomic mass is 10.1. The minimum Gasteiger partial charge on any atom is -0.465 e. The standard InChI is InChI=1S/C13H15N3O2/c1-8-6-15-16(7-8)10-4-9(2)12(14)11(5-10)13(17)18-3/h4-7H,14H2,1-3H3. The Morgan fingerprint density at radius 3 is 2.67 bits per heavy atom. The molecule has 0 aliphatic carbocycles. The maximum atomic E-state index is 11.6. The number of aryl methyl sites for hydroxylation is 2. The third-order valence-corrected chi connectivity index (χ3v) is 2.75. The van der Waals surface area contributed by atoms with Crippen molar-refractivity contribution in [2.45, 2.75) is 13.8 Å². The molecule has 0 saturated heterocycles. The molecular formula is C13H15N3O2. The highest BCUT2D eigenvalue weighted by molar-refractivity contribution is 5.96. The van der Waals surface area contributed by atoms with Gasteiger partial charge in [-0.1, -0.05) is 0 Å². The largest absolute Gasteiger partial charge is 0.465 e. The van der Waals surface area contributed by atoms with Gasteiger partial charge in [-0.05, 0) is 37.1 Å². The monoisotopic (exact) mass is 245 g/mol. The number of carbonyl (C=O) groups excluding carboxylic acids is 1. The lowest BCUT2D eigenvalue weighted by molar-refractivity contribution is 0.0602. The number of rotatable bonds is 2. The second-order valence-electron chi connectivity index (χ2n) is 4.18. The van der Waals surface area contributed by atoms with Crippen molar-refractivity contribution in [1.29, 1.82) is 0 Å². The van der Waals surface area contributed by atoms with Crippen molar-refractivity contribution < 1.29 is 9.53 Å². The predicted octanol–water partition coefficient (Wildman–Crippen LogP) is 1.86. The summed E-state index contributed by atoms with van der Waals surface area (Å²) in [5, 5.41) is 4.21. The van der Waals surface area contributed by atoms with Crippen LogP contribution in [0, 0.1) is 13.8 Å². The number of nitrogens with two attached hydrogens (primary N) is 1. The van der Waals surface area contributed by atoms with Crippen molar-refractivity contribution in [3.05, 3.63) is 41.2 Å². The van der Waals surface area contributed by atoms with Crippen LogP contribution >= 0.6 is 0 Å². The lowest BCUT2D eigenvalue weighted by Crippen LogP contribution is -2.09. The Labute approximate surface area is 105 Å². The first-order valence-electron chi connectivity index (χ1n) is 5.53. The number of nitrogens with zero attached hydrogens (tertiary/aromatic N) is 2. The summed E-state index contributed by atoms with van der Waals surface area (Å²) in [6, 6.07) is 3.56. The average molecular weight is 245 g/mol. The normalized spacial score (nSPS) is 10.4. The van der Waals surface area contributed by atoms with Crippen LogP contribution in [0.3, 0.4) is 0 Å². The molecule has 1 heterocycles. The van der Waals surface area contributed by atoms with Crippen LogP contribution < -0.4 is 5.73 Å². The van der Waals surface area contributed by atoms with Crippen LogP contribution in [-0.4, -0.2) is 22.9 Å². The summed E-state index contributed by atoms with van der Waals surface area (Å²) in [6.45, 7) is 3.80. The van der Waals surface area contributed by atoms with Crippen LogP contribution in [0.5, 0.6) is 0 Å². The van der Waals surface area contributed by atoms with E-state index in [-0.39, 0.29) is 0 Å². The highest BCUT2D eigenvalue weighted by atomic mass is 16.5. The van der Waals surface area contributed by atoms with E-state index in [9.17, 15) is 4.79 Å². The van der Waals surface area contributed by atoms with Crippen molar-refractivity contribution >= 4 is 11.7 Å². The highest BCUT2D eigenvalue weighted by Crippen LogP contribution is 2.22. The number of hydrogen-bond donors (Lipinski definition) is 1. The zero-order valence-corrected chi connectivity index (χ0v) is 10.6. The molecule has 0 amide bonds. The number of aromatic nitrogens is 2. The summed E-state index contributed by atoms with van der Waals surface area (Å²) in [5.74, 6) is -0.443. The minimum absolute atomic E-state index is 0.362. The summed E-state index contributed by atoms with van der Waals surface area (Å²) in [7, 11) is 1.34. The predicted molar refractivity (Wildman–Crippen MR) is 68.8 cm³/mol. The molecule has 0 bridgehead atoms. The third kappa shape index (κ3) is 2.07. The van der Waals surface area contributed by atoms with Crippen LogP contribution in [0.2, 0.25) is 0 Å². The Bertz CT molecular complexity index is 602. The van der Waals surface area contributed by atoms with E-state index in [1.165, 1.54) is 7.11 Å². The van der Waals surface area contributed by atoms with Crippen LogP contribution in [0.15, 0.2) is 24.5 Å². The van der Waals surface area contributed by atoms with Crippen molar-refractivity contribution in [3.8, 4) is 5.69 Å². The van der Waals surface area contributed by atoms with Crippen molar-refractivity contribution in [1.82, 2.24) is 9.78 Å². The lowest BCUT2D eigenvalue weighted by Gasteiger charge is -2.10. The number of anilines is 1. The van der Waals surface area contributed by atoms with Gasteiger partial charge in [0, 0.05) is 11.9 Å². The van der Waals surface area contributed by atoms with E-state index < -0.39 is 5.97 Å². The van der Waals surface area contributed by atoms with E-state index in [0.29, 0.717) is 11.3 Å². The molecule has 0 saturated carbocycles. The number of methoxy groups -OCH3 is 1. The first kappa shape index (κ1) is 12.2. The summed E-state index contributed by atoms with van der Waals surface area (Å²) < 4.78 is 6.42. The van der Waals surface area contributed by atoms with Crippen LogP contribution in [0.4, 0.5) is 5.69 Å². The van der Waals surface area contributed by atoms with Gasteiger partial charge in [-0.25, -0.2) is 9.48 Å². The van der Waals surface area contributed by atoms with E-state index in [1.54, 1.807) is 16.9 Å². The molecule has 2 N–H and O–H groups in total. The fourth-order valence-electron chi connectivity index (χ4n) is 1.74. The van der Waals surface area contributed by atoms with Gasteiger partial charge < -0.3 is 10.5 Å². The second-order valence-corrected chi connectivity index (χ2v) is 4.18. The molecule has 0 unspecified atom stereocenters. The fourth-order valence-corrected chi connectivity index (χ4v) is 1.74. The molecule has 2 aromatic rings. The number of nitrogen functional groups attached to an aromatic ring is 1. The molecule has 0 aliphatic heterocycles. The molecule has 18 heavy (non-hydrogen) atoms. The van der Waals surface area contributed by atoms with Gasteiger partial charge in [0.25, 0.3) is 0 Å². The SMILES string of the molecule is COC(=O)c1cc(-n2cc(C)cn2)cc(C)c1N. The van der Waals surface area contributed by atoms with E-state index in [0.717, 1.165) is 16.8 Å². The Kier molecular flexibility index (Phi) is 3.06. The molecule has 1 aromatic carbocycles. The molecule has 0 aliphatic rings. The Morgan fingerprint density at radius 2 is 2.11 bits per heavy atom. The van der Waals surface area contributed by atoms with Gasteiger partial charge in [-0.3, -0.25) is 0 Å². The number of benzene rings is 1. The van der Waals surface area contributed by atoms with Crippen molar-refractivity contribution in [2.24, 2.45) is 0 Å². The number of esters is 1. The molecule has 5 nitrogen and oxygen atoms in total. The summed E-state index contributed by atoms with van der Waals surface area (Å²) in [4.78, 5) is 11.6. The van der Waals surface area contributed by atoms with Gasteiger partial charge in [0.2, 0.25) is 0 Å². The number of hydrogen-bond acceptors (Lipinski definition) is 4. The van der Waals surface area contributed by atoms with Gasteiger partial charge >= 0.3 is 5.97 Å². The first-order chi connectivity index (χ1) is 8.52. The minimum atomic E-state index is -0.443. The van der Waals surface area contributed by atoms with E-state index >= 15 is 0 Å². The molecule has 5 heteroatoms. The maximum absolute atomic E-state index is 11.6. The van der Waals surface area contributed by atoms with Crippen LogP contribution in [0.1, 0.15) is 21.5 Å². The van der Waals surface area contributed by atoms with E-state index in [1.807, 2.05) is 26.1 Å². The van der Waals surface area contributed by atoms with Gasteiger partial charge in [0.1, 0.15) is 0 Å². The summed E-state index contributed by atoms with van der Waals surface area (Å²) in [5.41, 5.74) is 9.33. The second kappa shape index (κ2) is 4.52. The number of carbonyl (C=O) groups is 1. The van der Waals surface area contributed by atoms with Gasteiger partial charge in [0.05, 0.1) is 24.6 Å². The summed E-state index contributed by atoms with van der Waals surface area (Å²) in [6.07, 6.45) is 3.63. The molecule has 2 rings (SSSR count). The maximum Gasteiger partial charge on any atom is 0.340 e. The molecule has 0 radical (unpaired) electrons. The van der Waals surface area contributed by atoms with Crippen LogP contribution in [-0.2, 0) is 4.74 Å². The molecule has 1 aromatic heterocycles. The molecular weight excluding hydrogens is 230 g/mol. The zero-order chi connectivity index (χ0) is 13.3. The fraction of sp³-hybridized carbons (Fsp3) is 0.231. The van der Waals surface area contributed by atoms with Crippen LogP contribution in [0.25, 0.3) is 5.69 Å². The quantitative estimate of drug-likeness (QED) is 0.647. The average Bonchev–Trinajstić information content (AvgIpc) is 2.78. The van der Waals surface area contributed by atoms with Crippen molar-refractivity contribution in [2.75, 3.05) is 12.8 Å². The number of ether oxygens (including phenoxy) is 1. The first-order valence-corrected chi connectivity index (χ1v) is 5.53.